The third kappa shape index (κ3) is 3.52. The average molecular weight is 288 g/mol. The summed E-state index contributed by atoms with van der Waals surface area (Å²) in [4.78, 5) is 2.49. The molecule has 2 fully saturated rings. The fraction of sp³-hybridized carbons (Fsp3) is 0.667. The lowest BCUT2D eigenvalue weighted by Gasteiger charge is -2.36. The fourth-order valence-electron chi connectivity index (χ4n) is 3.56. The number of anilines is 2. The van der Waals surface area contributed by atoms with Gasteiger partial charge in [0.15, 0.2) is 0 Å². The van der Waals surface area contributed by atoms with Crippen molar-refractivity contribution < 1.29 is 4.74 Å². The van der Waals surface area contributed by atoms with E-state index in [0.717, 1.165) is 19.4 Å². The molecule has 0 saturated carbocycles. The highest BCUT2D eigenvalue weighted by Crippen LogP contribution is 2.29. The Labute approximate surface area is 128 Å². The summed E-state index contributed by atoms with van der Waals surface area (Å²) in [5.74, 6) is 0. The Morgan fingerprint density at radius 2 is 2.00 bits per heavy atom. The van der Waals surface area contributed by atoms with Gasteiger partial charge in [0.1, 0.15) is 0 Å². The molecule has 3 nitrogen and oxygen atoms in total. The van der Waals surface area contributed by atoms with Gasteiger partial charge in [0, 0.05) is 37.1 Å². The molecule has 0 amide bonds. The molecule has 1 aromatic carbocycles. The molecule has 0 spiro atoms. The zero-order valence-electron chi connectivity index (χ0n) is 13.6. The van der Waals surface area contributed by atoms with Crippen LogP contribution in [0.5, 0.6) is 0 Å². The van der Waals surface area contributed by atoms with Crippen LogP contribution in [0.3, 0.4) is 0 Å². The number of nitrogens with one attached hydrogen (secondary N) is 1. The van der Waals surface area contributed by atoms with Gasteiger partial charge in [0.2, 0.25) is 0 Å². The minimum Gasteiger partial charge on any atom is -0.382 e. The van der Waals surface area contributed by atoms with Crippen LogP contribution in [0.25, 0.3) is 0 Å². The molecule has 2 aliphatic rings. The lowest BCUT2D eigenvalue weighted by Crippen LogP contribution is -2.40. The van der Waals surface area contributed by atoms with E-state index in [1.165, 1.54) is 42.9 Å². The average Bonchev–Trinajstić information content (AvgIpc) is 2.94. The van der Waals surface area contributed by atoms with E-state index in [-0.39, 0.29) is 5.60 Å². The monoisotopic (exact) mass is 288 g/mol. The lowest BCUT2D eigenvalue weighted by atomic mass is 9.93. The molecule has 1 aromatic rings. The first-order valence-corrected chi connectivity index (χ1v) is 8.30. The number of aryl methyl sites for hydroxylation is 1. The second kappa shape index (κ2) is 5.88. The van der Waals surface area contributed by atoms with Crippen molar-refractivity contribution in [3.05, 3.63) is 23.8 Å². The molecule has 0 radical (unpaired) electrons. The Balaban J connectivity index is 1.68. The number of benzene rings is 1. The second-order valence-electron chi connectivity index (χ2n) is 7.14. The SMILES string of the molecule is Cc1cc(N2CCCC2)ccc1NC1CCOC(C)(C)C1. The van der Waals surface area contributed by atoms with Crippen LogP contribution in [0.2, 0.25) is 0 Å². The van der Waals surface area contributed by atoms with Crippen molar-refractivity contribution in [1.82, 2.24) is 0 Å². The molecular weight excluding hydrogens is 260 g/mol. The molecule has 1 atom stereocenters. The number of hydrogen-bond acceptors (Lipinski definition) is 3. The Kier molecular flexibility index (Phi) is 4.12. The van der Waals surface area contributed by atoms with E-state index < -0.39 is 0 Å². The molecule has 0 aliphatic carbocycles. The van der Waals surface area contributed by atoms with E-state index in [9.17, 15) is 0 Å². The molecule has 2 saturated heterocycles. The maximum absolute atomic E-state index is 5.80. The fourth-order valence-corrected chi connectivity index (χ4v) is 3.56. The molecule has 2 aliphatic heterocycles. The second-order valence-corrected chi connectivity index (χ2v) is 7.14. The van der Waals surface area contributed by atoms with Gasteiger partial charge < -0.3 is 15.0 Å². The van der Waals surface area contributed by atoms with Crippen molar-refractivity contribution >= 4 is 11.4 Å². The first kappa shape index (κ1) is 14.7. The molecule has 21 heavy (non-hydrogen) atoms. The molecule has 3 heteroatoms. The van der Waals surface area contributed by atoms with Crippen molar-refractivity contribution in [2.45, 2.75) is 58.1 Å². The van der Waals surface area contributed by atoms with Crippen LogP contribution in [-0.2, 0) is 4.74 Å². The minimum atomic E-state index is -0.000681. The van der Waals surface area contributed by atoms with Crippen LogP contribution in [0.4, 0.5) is 11.4 Å². The largest absolute Gasteiger partial charge is 0.382 e. The Hall–Kier alpha value is -1.22. The number of rotatable bonds is 3. The highest BCUT2D eigenvalue weighted by atomic mass is 16.5. The normalized spacial score (nSPS) is 25.1. The van der Waals surface area contributed by atoms with E-state index in [2.05, 4.69) is 49.2 Å². The van der Waals surface area contributed by atoms with Crippen LogP contribution in [0, 0.1) is 6.92 Å². The Morgan fingerprint density at radius 3 is 2.67 bits per heavy atom. The van der Waals surface area contributed by atoms with Crippen LogP contribution in [-0.4, -0.2) is 31.3 Å². The van der Waals surface area contributed by atoms with Gasteiger partial charge in [-0.05, 0) is 70.2 Å². The van der Waals surface area contributed by atoms with Crippen molar-refractivity contribution in [3.63, 3.8) is 0 Å². The molecule has 1 N–H and O–H groups in total. The lowest BCUT2D eigenvalue weighted by molar-refractivity contribution is -0.0553. The summed E-state index contributed by atoms with van der Waals surface area (Å²) in [6, 6.07) is 7.37. The quantitative estimate of drug-likeness (QED) is 0.911. The first-order chi connectivity index (χ1) is 10.0. The van der Waals surface area contributed by atoms with Crippen LogP contribution in [0.1, 0.15) is 45.1 Å². The molecule has 0 bridgehead atoms. The third-order valence-electron chi connectivity index (χ3n) is 4.74. The summed E-state index contributed by atoms with van der Waals surface area (Å²) in [6.07, 6.45) is 4.82. The van der Waals surface area contributed by atoms with Gasteiger partial charge in [-0.3, -0.25) is 0 Å². The van der Waals surface area contributed by atoms with Gasteiger partial charge in [0.25, 0.3) is 0 Å². The van der Waals surface area contributed by atoms with Gasteiger partial charge in [-0.1, -0.05) is 0 Å². The Bertz CT molecular complexity index is 492. The summed E-state index contributed by atoms with van der Waals surface area (Å²) >= 11 is 0. The maximum atomic E-state index is 5.80. The highest BCUT2D eigenvalue weighted by molar-refractivity contribution is 5.61. The van der Waals surface area contributed by atoms with Crippen molar-refractivity contribution in [3.8, 4) is 0 Å². The van der Waals surface area contributed by atoms with Gasteiger partial charge in [-0.15, -0.1) is 0 Å². The number of hydrogen-bond donors (Lipinski definition) is 1. The number of nitrogens with zero attached hydrogens (tertiary/aromatic N) is 1. The smallest absolute Gasteiger partial charge is 0.0646 e. The molecular formula is C18H28N2O. The molecule has 116 valence electrons. The number of ether oxygens (including phenoxy) is 1. The van der Waals surface area contributed by atoms with Gasteiger partial charge in [-0.2, -0.15) is 0 Å². The summed E-state index contributed by atoms with van der Waals surface area (Å²) < 4.78 is 5.80. The van der Waals surface area contributed by atoms with E-state index in [4.69, 9.17) is 4.74 Å². The topological polar surface area (TPSA) is 24.5 Å². The van der Waals surface area contributed by atoms with Crippen molar-refractivity contribution in [2.24, 2.45) is 0 Å². The van der Waals surface area contributed by atoms with E-state index in [1.54, 1.807) is 0 Å². The predicted molar refractivity (Wildman–Crippen MR) is 89.3 cm³/mol. The first-order valence-electron chi connectivity index (χ1n) is 8.30. The van der Waals surface area contributed by atoms with Gasteiger partial charge in [-0.25, -0.2) is 0 Å². The van der Waals surface area contributed by atoms with Gasteiger partial charge in [0.05, 0.1) is 5.60 Å². The van der Waals surface area contributed by atoms with Crippen LogP contribution >= 0.6 is 0 Å². The van der Waals surface area contributed by atoms with E-state index in [1.807, 2.05) is 0 Å². The van der Waals surface area contributed by atoms with Crippen LogP contribution < -0.4 is 10.2 Å². The van der Waals surface area contributed by atoms with E-state index in [0.29, 0.717) is 6.04 Å². The highest BCUT2D eigenvalue weighted by Gasteiger charge is 2.28. The standard InChI is InChI=1S/C18H28N2O/c1-14-12-16(20-9-4-5-10-20)6-7-17(14)19-15-8-11-21-18(2,3)13-15/h6-7,12,15,19H,4-5,8-11,13H2,1-3H3. The Morgan fingerprint density at radius 1 is 1.24 bits per heavy atom. The van der Waals surface area contributed by atoms with E-state index >= 15 is 0 Å². The summed E-state index contributed by atoms with van der Waals surface area (Å²) in [7, 11) is 0. The summed E-state index contributed by atoms with van der Waals surface area (Å²) in [5.41, 5.74) is 4.01. The zero-order valence-corrected chi connectivity index (χ0v) is 13.6. The zero-order chi connectivity index (χ0) is 14.9. The van der Waals surface area contributed by atoms with Crippen molar-refractivity contribution in [2.75, 3.05) is 29.9 Å². The van der Waals surface area contributed by atoms with Crippen LogP contribution in [0.15, 0.2) is 18.2 Å². The third-order valence-corrected chi connectivity index (χ3v) is 4.74. The minimum absolute atomic E-state index is 0.000681. The predicted octanol–water partition coefficient (Wildman–Crippen LogP) is 3.96. The molecule has 1 unspecified atom stereocenters. The molecule has 0 aromatic heterocycles. The van der Waals surface area contributed by atoms with Gasteiger partial charge >= 0.3 is 0 Å². The summed E-state index contributed by atoms with van der Waals surface area (Å²) in [5, 5.41) is 3.72. The maximum Gasteiger partial charge on any atom is 0.0646 e. The van der Waals surface area contributed by atoms with Crippen molar-refractivity contribution in [1.29, 1.82) is 0 Å². The molecule has 3 rings (SSSR count). The molecule has 2 heterocycles. The summed E-state index contributed by atoms with van der Waals surface area (Å²) in [6.45, 7) is 9.86.